The maximum atomic E-state index is 12.2. The molecule has 148 valence electrons. The SMILES string of the molecule is CC(C)C[C@@H](NC(=O)[C@@H](N)C(C(=O)O)C(=O)OCc1ccccc1)C(N)=O. The Bertz CT molecular complexity index is 677. The fraction of sp³-hybridized carbons (Fsp3) is 0.444. The van der Waals surface area contributed by atoms with Crippen LogP contribution in [-0.2, 0) is 30.5 Å². The minimum absolute atomic E-state index is 0.0464. The van der Waals surface area contributed by atoms with Crippen LogP contribution in [0.1, 0.15) is 25.8 Å². The number of benzene rings is 1. The lowest BCUT2D eigenvalue weighted by Crippen LogP contribution is -2.55. The topological polar surface area (TPSA) is 162 Å². The second kappa shape index (κ2) is 10.3. The number of carboxylic acids is 1. The molecule has 0 saturated carbocycles. The van der Waals surface area contributed by atoms with Gasteiger partial charge in [-0.1, -0.05) is 44.2 Å². The molecule has 0 bridgehead atoms. The zero-order valence-electron chi connectivity index (χ0n) is 15.3. The van der Waals surface area contributed by atoms with Gasteiger partial charge in [0.1, 0.15) is 18.7 Å². The Morgan fingerprint density at radius 1 is 1.15 bits per heavy atom. The molecule has 0 aromatic heterocycles. The van der Waals surface area contributed by atoms with Crippen LogP contribution < -0.4 is 16.8 Å². The molecule has 0 radical (unpaired) electrons. The van der Waals surface area contributed by atoms with Gasteiger partial charge in [0.25, 0.3) is 0 Å². The van der Waals surface area contributed by atoms with Crippen molar-refractivity contribution >= 4 is 23.8 Å². The Kier molecular flexibility index (Phi) is 8.40. The van der Waals surface area contributed by atoms with E-state index in [0.717, 1.165) is 0 Å². The Labute approximate surface area is 157 Å². The summed E-state index contributed by atoms with van der Waals surface area (Å²) in [5, 5.41) is 11.6. The van der Waals surface area contributed by atoms with Gasteiger partial charge in [-0.2, -0.15) is 0 Å². The Morgan fingerprint density at radius 2 is 1.74 bits per heavy atom. The second-order valence-electron chi connectivity index (χ2n) is 6.53. The highest BCUT2D eigenvalue weighted by Gasteiger charge is 2.39. The van der Waals surface area contributed by atoms with Crippen LogP contribution in [0.15, 0.2) is 30.3 Å². The summed E-state index contributed by atoms with van der Waals surface area (Å²) in [6, 6.07) is 5.87. The lowest BCUT2D eigenvalue weighted by Gasteiger charge is -2.22. The summed E-state index contributed by atoms with van der Waals surface area (Å²) in [6.45, 7) is 3.49. The molecule has 9 nitrogen and oxygen atoms in total. The normalized spacial score (nSPS) is 14.1. The van der Waals surface area contributed by atoms with Crippen molar-refractivity contribution in [2.45, 2.75) is 39.0 Å². The predicted molar refractivity (Wildman–Crippen MR) is 95.9 cm³/mol. The number of hydrogen-bond acceptors (Lipinski definition) is 6. The third kappa shape index (κ3) is 7.06. The molecule has 0 saturated heterocycles. The van der Waals surface area contributed by atoms with Crippen molar-refractivity contribution in [3.05, 3.63) is 35.9 Å². The summed E-state index contributed by atoms with van der Waals surface area (Å²) < 4.78 is 4.97. The number of nitrogens with two attached hydrogens (primary N) is 2. The van der Waals surface area contributed by atoms with E-state index in [1.165, 1.54) is 0 Å². The maximum absolute atomic E-state index is 12.2. The number of hydrogen-bond donors (Lipinski definition) is 4. The van der Waals surface area contributed by atoms with Gasteiger partial charge in [-0.25, -0.2) is 0 Å². The quantitative estimate of drug-likeness (QED) is 0.322. The van der Waals surface area contributed by atoms with E-state index in [0.29, 0.717) is 5.56 Å². The largest absolute Gasteiger partial charge is 0.481 e. The summed E-state index contributed by atoms with van der Waals surface area (Å²) in [5.74, 6) is -6.36. The van der Waals surface area contributed by atoms with Crippen molar-refractivity contribution in [3.8, 4) is 0 Å². The number of ether oxygens (including phenoxy) is 1. The predicted octanol–water partition coefficient (Wildman–Crippen LogP) is -0.226. The molecule has 0 fully saturated rings. The summed E-state index contributed by atoms with van der Waals surface area (Å²) in [7, 11) is 0. The third-order valence-corrected chi connectivity index (χ3v) is 3.77. The first-order chi connectivity index (χ1) is 12.6. The van der Waals surface area contributed by atoms with Crippen molar-refractivity contribution in [1.29, 1.82) is 0 Å². The molecule has 27 heavy (non-hydrogen) atoms. The summed E-state index contributed by atoms with van der Waals surface area (Å²) in [6.07, 6.45) is 0.254. The highest BCUT2D eigenvalue weighted by Crippen LogP contribution is 2.11. The molecule has 1 aromatic carbocycles. The van der Waals surface area contributed by atoms with Gasteiger partial charge in [0.05, 0.1) is 0 Å². The molecule has 9 heteroatoms. The van der Waals surface area contributed by atoms with Gasteiger partial charge in [-0.15, -0.1) is 0 Å². The van der Waals surface area contributed by atoms with Crippen molar-refractivity contribution < 1.29 is 29.0 Å². The number of esters is 1. The summed E-state index contributed by atoms with van der Waals surface area (Å²) >= 11 is 0. The molecule has 0 aliphatic carbocycles. The number of carboxylic acid groups (broad SMARTS) is 1. The first-order valence-corrected chi connectivity index (χ1v) is 8.42. The molecule has 6 N–H and O–H groups in total. The van der Waals surface area contributed by atoms with E-state index in [1.54, 1.807) is 30.3 Å². The fourth-order valence-electron chi connectivity index (χ4n) is 2.36. The van der Waals surface area contributed by atoms with E-state index < -0.39 is 41.8 Å². The van der Waals surface area contributed by atoms with Gasteiger partial charge in [0.15, 0.2) is 5.92 Å². The Hall–Kier alpha value is -2.94. The van der Waals surface area contributed by atoms with Crippen LogP contribution in [0, 0.1) is 11.8 Å². The second-order valence-corrected chi connectivity index (χ2v) is 6.53. The molecule has 2 amide bonds. The number of carbonyl (C=O) groups is 4. The zero-order valence-corrected chi connectivity index (χ0v) is 15.3. The molecular weight excluding hydrogens is 354 g/mol. The van der Waals surface area contributed by atoms with Crippen LogP contribution in [0.25, 0.3) is 0 Å². The van der Waals surface area contributed by atoms with Gasteiger partial charge >= 0.3 is 11.9 Å². The van der Waals surface area contributed by atoms with E-state index in [4.69, 9.17) is 16.2 Å². The Morgan fingerprint density at radius 3 is 2.22 bits per heavy atom. The molecule has 0 aliphatic rings. The monoisotopic (exact) mass is 379 g/mol. The highest BCUT2D eigenvalue weighted by molar-refractivity contribution is 6.01. The van der Waals surface area contributed by atoms with Crippen LogP contribution in [0.2, 0.25) is 0 Å². The molecule has 1 rings (SSSR count). The van der Waals surface area contributed by atoms with Crippen molar-refractivity contribution in [2.75, 3.05) is 0 Å². The molecule has 0 aliphatic heterocycles. The molecule has 3 atom stereocenters. The van der Waals surface area contributed by atoms with Gasteiger partial charge < -0.3 is 26.6 Å². The first kappa shape index (κ1) is 22.1. The number of primary amides is 1. The van der Waals surface area contributed by atoms with Crippen LogP contribution >= 0.6 is 0 Å². The van der Waals surface area contributed by atoms with E-state index in [9.17, 15) is 24.3 Å². The molecule has 0 spiro atoms. The smallest absolute Gasteiger partial charge is 0.322 e. The average molecular weight is 379 g/mol. The van der Waals surface area contributed by atoms with Crippen LogP contribution in [0.3, 0.4) is 0 Å². The standard InChI is InChI=1S/C18H25N3O6/c1-10(2)8-12(15(20)22)21-16(23)14(19)13(17(24)25)18(26)27-9-11-6-4-3-5-7-11/h3-7,10,12-14H,8-9,19H2,1-2H3,(H2,20,22)(H,21,23)(H,24,25)/t12-,13?,14+/m1/s1. The lowest BCUT2D eigenvalue weighted by molar-refractivity contribution is -0.162. The maximum Gasteiger partial charge on any atom is 0.322 e. The average Bonchev–Trinajstić information content (AvgIpc) is 2.59. The van der Waals surface area contributed by atoms with E-state index >= 15 is 0 Å². The van der Waals surface area contributed by atoms with Crippen molar-refractivity contribution in [3.63, 3.8) is 0 Å². The van der Waals surface area contributed by atoms with Crippen LogP contribution in [0.4, 0.5) is 0 Å². The minimum Gasteiger partial charge on any atom is -0.481 e. The van der Waals surface area contributed by atoms with Gasteiger partial charge in [-0.3, -0.25) is 19.2 Å². The molecule has 1 unspecified atom stereocenters. The third-order valence-electron chi connectivity index (χ3n) is 3.77. The highest BCUT2D eigenvalue weighted by atomic mass is 16.5. The fourth-order valence-corrected chi connectivity index (χ4v) is 2.36. The molecule has 1 aromatic rings. The van der Waals surface area contributed by atoms with E-state index in [2.05, 4.69) is 5.32 Å². The van der Waals surface area contributed by atoms with E-state index in [-0.39, 0.29) is 18.9 Å². The van der Waals surface area contributed by atoms with Gasteiger partial charge in [0, 0.05) is 0 Å². The Balaban J connectivity index is 2.79. The van der Waals surface area contributed by atoms with Gasteiger partial charge in [0.2, 0.25) is 11.8 Å². The van der Waals surface area contributed by atoms with Crippen molar-refractivity contribution in [2.24, 2.45) is 23.3 Å². The van der Waals surface area contributed by atoms with Crippen molar-refractivity contribution in [1.82, 2.24) is 5.32 Å². The summed E-state index contributed by atoms with van der Waals surface area (Å²) in [5.41, 5.74) is 11.6. The molecular formula is C18H25N3O6. The molecule has 0 heterocycles. The first-order valence-electron chi connectivity index (χ1n) is 8.42. The van der Waals surface area contributed by atoms with Crippen LogP contribution in [0.5, 0.6) is 0 Å². The number of aliphatic carboxylic acids is 1. The summed E-state index contributed by atoms with van der Waals surface area (Å²) in [4.78, 5) is 47.3. The van der Waals surface area contributed by atoms with Crippen LogP contribution in [-0.4, -0.2) is 40.9 Å². The number of rotatable bonds is 10. The minimum atomic E-state index is -1.92. The zero-order chi connectivity index (χ0) is 20.6. The number of nitrogens with one attached hydrogen (secondary N) is 1. The lowest BCUT2D eigenvalue weighted by atomic mass is 9.98. The van der Waals surface area contributed by atoms with Gasteiger partial charge in [-0.05, 0) is 17.9 Å². The van der Waals surface area contributed by atoms with E-state index in [1.807, 2.05) is 13.8 Å². The number of carbonyl (C=O) groups excluding carboxylic acids is 3. The number of amides is 2.